The number of nitrogens with one attached hydrogen (secondary N) is 1. The Morgan fingerprint density at radius 3 is 2.57 bits per heavy atom. The number of rotatable bonds is 4. The number of alkyl halides is 3. The molecule has 2 fully saturated rings. The van der Waals surface area contributed by atoms with Crippen LogP contribution in [-0.2, 0) is 9.59 Å². The summed E-state index contributed by atoms with van der Waals surface area (Å²) < 4.78 is 37.7. The van der Waals surface area contributed by atoms with Crippen LogP contribution >= 0.6 is 0 Å². The average molecular weight is 335 g/mol. The molecule has 1 N–H and O–H groups in total. The Balaban J connectivity index is 1.96. The van der Waals surface area contributed by atoms with E-state index in [2.05, 4.69) is 5.32 Å². The van der Waals surface area contributed by atoms with Crippen LogP contribution in [0.3, 0.4) is 0 Å². The molecule has 0 aromatic carbocycles. The van der Waals surface area contributed by atoms with Gasteiger partial charge in [0.2, 0.25) is 11.8 Å². The summed E-state index contributed by atoms with van der Waals surface area (Å²) in [6, 6.07) is 0. The van der Waals surface area contributed by atoms with Crippen molar-refractivity contribution in [2.24, 2.45) is 11.8 Å². The van der Waals surface area contributed by atoms with Crippen molar-refractivity contribution in [1.29, 1.82) is 0 Å². The number of carbonyl (C=O) groups is 2. The van der Waals surface area contributed by atoms with E-state index < -0.39 is 24.5 Å². The van der Waals surface area contributed by atoms with Crippen molar-refractivity contribution >= 4 is 11.8 Å². The summed E-state index contributed by atoms with van der Waals surface area (Å²) in [7, 11) is 0. The summed E-state index contributed by atoms with van der Waals surface area (Å²) in [4.78, 5) is 27.3. The van der Waals surface area contributed by atoms with Crippen molar-refractivity contribution in [3.63, 3.8) is 0 Å². The van der Waals surface area contributed by atoms with Crippen molar-refractivity contribution in [2.75, 3.05) is 39.3 Å². The first kappa shape index (κ1) is 18.0. The highest BCUT2D eigenvalue weighted by Gasteiger charge is 2.37. The molecule has 0 aliphatic carbocycles. The normalized spacial score (nSPS) is 25.5. The molecular formula is C15H24F3N3O2. The van der Waals surface area contributed by atoms with Crippen LogP contribution in [0.4, 0.5) is 13.2 Å². The smallest absolute Gasteiger partial charge is 0.342 e. The van der Waals surface area contributed by atoms with E-state index >= 15 is 0 Å². The van der Waals surface area contributed by atoms with Crippen molar-refractivity contribution in [3.8, 4) is 0 Å². The van der Waals surface area contributed by atoms with Crippen LogP contribution in [0.1, 0.15) is 26.2 Å². The number of nitrogens with zero attached hydrogens (tertiary/aromatic N) is 2. The average Bonchev–Trinajstić information content (AvgIpc) is 3.05. The first-order valence-electron chi connectivity index (χ1n) is 8.17. The second-order valence-electron chi connectivity index (χ2n) is 6.28. The maximum Gasteiger partial charge on any atom is 0.406 e. The molecule has 2 saturated heterocycles. The Kier molecular flexibility index (Phi) is 5.89. The predicted molar refractivity (Wildman–Crippen MR) is 78.6 cm³/mol. The van der Waals surface area contributed by atoms with E-state index in [0.29, 0.717) is 25.9 Å². The van der Waals surface area contributed by atoms with Gasteiger partial charge in [-0.1, -0.05) is 0 Å². The Labute approximate surface area is 134 Å². The van der Waals surface area contributed by atoms with E-state index in [-0.39, 0.29) is 24.9 Å². The van der Waals surface area contributed by atoms with Gasteiger partial charge in [-0.3, -0.25) is 9.59 Å². The highest BCUT2D eigenvalue weighted by molar-refractivity contribution is 5.82. The van der Waals surface area contributed by atoms with Crippen LogP contribution in [0, 0.1) is 11.8 Å². The highest BCUT2D eigenvalue weighted by atomic mass is 19.4. The molecule has 0 aromatic rings. The molecule has 0 spiro atoms. The number of hydrogen-bond acceptors (Lipinski definition) is 3. The number of carbonyl (C=O) groups excluding carboxylic acids is 2. The van der Waals surface area contributed by atoms with Crippen LogP contribution < -0.4 is 5.32 Å². The second kappa shape index (κ2) is 7.51. The molecule has 0 radical (unpaired) electrons. The van der Waals surface area contributed by atoms with Gasteiger partial charge in [-0.05, 0) is 32.7 Å². The highest BCUT2D eigenvalue weighted by Crippen LogP contribution is 2.24. The van der Waals surface area contributed by atoms with Gasteiger partial charge in [0, 0.05) is 26.2 Å². The summed E-state index contributed by atoms with van der Waals surface area (Å²) in [6.45, 7) is 2.62. The van der Waals surface area contributed by atoms with E-state index in [9.17, 15) is 22.8 Å². The number of likely N-dealkylation sites (tertiary alicyclic amines) is 1. The predicted octanol–water partition coefficient (Wildman–Crippen LogP) is 1.25. The summed E-state index contributed by atoms with van der Waals surface area (Å²) in [6.07, 6.45) is -2.42. The first-order chi connectivity index (χ1) is 10.8. The number of hydrogen-bond donors (Lipinski definition) is 1. The molecule has 0 aromatic heterocycles. The van der Waals surface area contributed by atoms with E-state index in [1.54, 1.807) is 11.8 Å². The third kappa shape index (κ3) is 4.83. The molecular weight excluding hydrogens is 311 g/mol. The van der Waals surface area contributed by atoms with E-state index in [1.165, 1.54) is 0 Å². The third-order valence-electron chi connectivity index (χ3n) is 4.56. The van der Waals surface area contributed by atoms with E-state index in [0.717, 1.165) is 17.9 Å². The van der Waals surface area contributed by atoms with Crippen molar-refractivity contribution < 1.29 is 22.8 Å². The maximum atomic E-state index is 12.6. The summed E-state index contributed by atoms with van der Waals surface area (Å²) in [5.74, 6) is -1.07. The summed E-state index contributed by atoms with van der Waals surface area (Å²) >= 11 is 0. The molecule has 2 aliphatic rings. The minimum Gasteiger partial charge on any atom is -0.342 e. The fraction of sp³-hybridized carbons (Fsp3) is 0.867. The zero-order valence-corrected chi connectivity index (χ0v) is 13.4. The lowest BCUT2D eigenvalue weighted by Gasteiger charge is -2.36. The van der Waals surface area contributed by atoms with Gasteiger partial charge in [0.05, 0.1) is 11.8 Å². The fourth-order valence-corrected chi connectivity index (χ4v) is 3.32. The fourth-order valence-electron chi connectivity index (χ4n) is 3.32. The minimum atomic E-state index is -4.40. The lowest BCUT2D eigenvalue weighted by Crippen LogP contribution is -2.50. The maximum absolute atomic E-state index is 12.6. The summed E-state index contributed by atoms with van der Waals surface area (Å²) in [5, 5.41) is 3.13. The van der Waals surface area contributed by atoms with Gasteiger partial charge in [0.25, 0.3) is 0 Å². The van der Waals surface area contributed by atoms with E-state index in [1.807, 2.05) is 0 Å². The Morgan fingerprint density at radius 1 is 1.26 bits per heavy atom. The van der Waals surface area contributed by atoms with Crippen LogP contribution in [-0.4, -0.2) is 67.1 Å². The van der Waals surface area contributed by atoms with Gasteiger partial charge in [-0.25, -0.2) is 0 Å². The molecule has 2 amide bonds. The second-order valence-corrected chi connectivity index (χ2v) is 6.28. The zero-order valence-electron chi connectivity index (χ0n) is 13.4. The molecule has 2 heterocycles. The number of halogens is 3. The molecule has 0 bridgehead atoms. The van der Waals surface area contributed by atoms with Gasteiger partial charge in [-0.2, -0.15) is 13.2 Å². The van der Waals surface area contributed by atoms with Gasteiger partial charge in [0.15, 0.2) is 0 Å². The van der Waals surface area contributed by atoms with Crippen LogP contribution in [0.15, 0.2) is 0 Å². The van der Waals surface area contributed by atoms with E-state index in [4.69, 9.17) is 0 Å². The van der Waals surface area contributed by atoms with Crippen LogP contribution in [0.5, 0.6) is 0 Å². The van der Waals surface area contributed by atoms with Gasteiger partial charge < -0.3 is 15.1 Å². The molecule has 2 aliphatic heterocycles. The summed E-state index contributed by atoms with van der Waals surface area (Å²) in [5.41, 5.74) is 0. The Morgan fingerprint density at radius 2 is 2.00 bits per heavy atom. The molecule has 23 heavy (non-hydrogen) atoms. The number of piperidine rings is 1. The van der Waals surface area contributed by atoms with Gasteiger partial charge >= 0.3 is 6.18 Å². The topological polar surface area (TPSA) is 52.7 Å². The number of amides is 2. The first-order valence-corrected chi connectivity index (χ1v) is 8.17. The molecule has 8 heteroatoms. The molecule has 0 saturated carbocycles. The largest absolute Gasteiger partial charge is 0.406 e. The molecule has 5 nitrogen and oxygen atoms in total. The van der Waals surface area contributed by atoms with Crippen molar-refractivity contribution in [2.45, 2.75) is 32.4 Å². The third-order valence-corrected chi connectivity index (χ3v) is 4.56. The quantitative estimate of drug-likeness (QED) is 0.841. The van der Waals surface area contributed by atoms with Crippen LogP contribution in [0.25, 0.3) is 0 Å². The molecule has 132 valence electrons. The lowest BCUT2D eigenvalue weighted by molar-refractivity contribution is -0.165. The lowest BCUT2D eigenvalue weighted by atomic mass is 9.95. The SMILES string of the molecule is CCN(CC(F)(F)F)C(=O)C1CCCN(C(=O)C2CCNC2)C1. The standard InChI is InChI=1S/C15H24F3N3O2/c1-2-20(10-15(16,17)18)14(23)12-4-3-7-21(9-12)13(22)11-5-6-19-8-11/h11-12,19H,2-10H2,1H3. The Hall–Kier alpha value is -1.31. The molecule has 2 atom stereocenters. The monoisotopic (exact) mass is 335 g/mol. The van der Waals surface area contributed by atoms with Crippen molar-refractivity contribution in [1.82, 2.24) is 15.1 Å². The van der Waals surface area contributed by atoms with Gasteiger partial charge in [-0.15, -0.1) is 0 Å². The van der Waals surface area contributed by atoms with Crippen LogP contribution in [0.2, 0.25) is 0 Å². The van der Waals surface area contributed by atoms with Crippen molar-refractivity contribution in [3.05, 3.63) is 0 Å². The zero-order chi connectivity index (χ0) is 17.0. The molecule has 2 rings (SSSR count). The Bertz CT molecular complexity index is 436. The van der Waals surface area contributed by atoms with Gasteiger partial charge in [0.1, 0.15) is 6.54 Å². The minimum absolute atomic E-state index is 0.0198. The molecule has 2 unspecified atom stereocenters.